The maximum atomic E-state index is 11.8. The minimum atomic E-state index is -0.519. The quantitative estimate of drug-likeness (QED) is 0.477. The Morgan fingerprint density at radius 1 is 1.44 bits per heavy atom. The van der Waals surface area contributed by atoms with E-state index in [1.165, 1.54) is 12.1 Å². The molecule has 1 aromatic rings. The molecule has 0 bridgehead atoms. The summed E-state index contributed by atoms with van der Waals surface area (Å²) in [7, 11) is 1.59. The normalized spacial score (nSPS) is 22.9. The number of carbonyl (C=O) groups excluding carboxylic acids is 1. The van der Waals surface area contributed by atoms with Crippen molar-refractivity contribution in [3.05, 3.63) is 27.1 Å². The second-order valence-corrected chi connectivity index (χ2v) is 5.11. The minimum Gasteiger partial charge on any atom is -0.455 e. The predicted molar refractivity (Wildman–Crippen MR) is 64.8 cm³/mol. The summed E-state index contributed by atoms with van der Waals surface area (Å²) < 4.78 is 10.5. The van der Waals surface area contributed by atoms with Crippen LogP contribution in [0.2, 0.25) is 0 Å². The molecule has 0 aliphatic heterocycles. The zero-order valence-electron chi connectivity index (χ0n) is 9.83. The molecule has 2 atom stereocenters. The van der Waals surface area contributed by atoms with Crippen molar-refractivity contribution in [3.63, 3.8) is 0 Å². The topological polar surface area (TPSA) is 78.7 Å². The van der Waals surface area contributed by atoms with E-state index in [1.807, 2.05) is 0 Å². The van der Waals surface area contributed by atoms with Gasteiger partial charge in [-0.25, -0.2) is 4.79 Å². The third-order valence-corrected chi connectivity index (χ3v) is 3.94. The van der Waals surface area contributed by atoms with Crippen LogP contribution in [0.15, 0.2) is 12.1 Å². The van der Waals surface area contributed by atoms with Crippen molar-refractivity contribution in [2.45, 2.75) is 31.5 Å². The van der Waals surface area contributed by atoms with Crippen molar-refractivity contribution in [2.75, 3.05) is 7.11 Å². The second-order valence-electron chi connectivity index (χ2n) is 4.04. The van der Waals surface area contributed by atoms with Crippen LogP contribution in [-0.2, 0) is 9.47 Å². The first kappa shape index (κ1) is 13.0. The molecule has 2 rings (SSSR count). The molecule has 6 nitrogen and oxygen atoms in total. The van der Waals surface area contributed by atoms with Crippen molar-refractivity contribution >= 4 is 22.3 Å². The fraction of sp³-hybridized carbons (Fsp3) is 0.545. The van der Waals surface area contributed by atoms with Gasteiger partial charge in [-0.05, 0) is 25.3 Å². The van der Waals surface area contributed by atoms with Crippen LogP contribution in [0.25, 0.3) is 0 Å². The maximum absolute atomic E-state index is 11.8. The highest BCUT2D eigenvalue weighted by Crippen LogP contribution is 2.28. The smallest absolute Gasteiger partial charge is 0.348 e. The number of hydrogen-bond acceptors (Lipinski definition) is 6. The fourth-order valence-electron chi connectivity index (χ4n) is 2.03. The van der Waals surface area contributed by atoms with Crippen LogP contribution in [0.1, 0.15) is 28.9 Å². The molecule has 0 unspecified atom stereocenters. The monoisotopic (exact) mass is 271 g/mol. The van der Waals surface area contributed by atoms with Gasteiger partial charge in [0.1, 0.15) is 11.0 Å². The lowest BCUT2D eigenvalue weighted by Gasteiger charge is -2.18. The summed E-state index contributed by atoms with van der Waals surface area (Å²) in [6.07, 6.45) is 2.30. The number of hydrogen-bond donors (Lipinski definition) is 0. The average Bonchev–Trinajstić information content (AvgIpc) is 2.96. The van der Waals surface area contributed by atoms with Crippen LogP contribution in [0.4, 0.5) is 5.00 Å². The molecule has 1 fully saturated rings. The molecule has 1 heterocycles. The van der Waals surface area contributed by atoms with E-state index in [1.54, 1.807) is 7.11 Å². The van der Waals surface area contributed by atoms with Crippen molar-refractivity contribution in [1.82, 2.24) is 0 Å². The molecule has 1 aromatic heterocycles. The summed E-state index contributed by atoms with van der Waals surface area (Å²) in [6, 6.07) is 2.73. The van der Waals surface area contributed by atoms with Gasteiger partial charge in [0.25, 0.3) is 0 Å². The van der Waals surface area contributed by atoms with Crippen molar-refractivity contribution in [1.29, 1.82) is 0 Å². The Labute approximate surface area is 108 Å². The molecule has 0 saturated heterocycles. The molecule has 0 amide bonds. The molecule has 0 N–H and O–H groups in total. The average molecular weight is 271 g/mol. The van der Waals surface area contributed by atoms with Gasteiger partial charge in [-0.3, -0.25) is 10.1 Å². The van der Waals surface area contributed by atoms with Gasteiger partial charge in [0.05, 0.1) is 11.0 Å². The summed E-state index contributed by atoms with van der Waals surface area (Å²) in [5.74, 6) is -0.512. The number of methoxy groups -OCH3 is 1. The largest absolute Gasteiger partial charge is 0.455 e. The molecule has 1 aliphatic carbocycles. The molecule has 1 aliphatic rings. The molecule has 1 saturated carbocycles. The number of rotatable bonds is 4. The Morgan fingerprint density at radius 3 is 2.78 bits per heavy atom. The van der Waals surface area contributed by atoms with E-state index < -0.39 is 10.9 Å². The minimum absolute atomic E-state index is 0.0586. The molecule has 0 radical (unpaired) electrons. The van der Waals surface area contributed by atoms with Crippen molar-refractivity contribution in [3.8, 4) is 0 Å². The Morgan fingerprint density at radius 2 is 2.17 bits per heavy atom. The van der Waals surface area contributed by atoms with Gasteiger partial charge in [0.15, 0.2) is 0 Å². The van der Waals surface area contributed by atoms with Crippen LogP contribution in [-0.4, -0.2) is 30.2 Å². The SMILES string of the molecule is CO[C@@H]1CCC[C@@H]1OC(=O)c1ccc([N+](=O)[O-])s1. The highest BCUT2D eigenvalue weighted by molar-refractivity contribution is 7.17. The van der Waals surface area contributed by atoms with Gasteiger partial charge in [0.2, 0.25) is 0 Å². The lowest BCUT2D eigenvalue weighted by Crippen LogP contribution is -2.27. The molecular formula is C11H13NO5S. The first-order valence-corrected chi connectivity index (χ1v) is 6.41. The van der Waals surface area contributed by atoms with Crippen LogP contribution in [0, 0.1) is 10.1 Å². The molecular weight excluding hydrogens is 258 g/mol. The summed E-state index contributed by atoms with van der Waals surface area (Å²) in [5.41, 5.74) is 0. The van der Waals surface area contributed by atoms with E-state index in [9.17, 15) is 14.9 Å². The molecule has 0 aromatic carbocycles. The highest BCUT2D eigenvalue weighted by Gasteiger charge is 2.31. The second kappa shape index (κ2) is 5.45. The number of esters is 1. The van der Waals surface area contributed by atoms with E-state index >= 15 is 0 Å². The van der Waals surface area contributed by atoms with Gasteiger partial charge < -0.3 is 9.47 Å². The van der Waals surface area contributed by atoms with E-state index in [0.717, 1.165) is 30.6 Å². The maximum Gasteiger partial charge on any atom is 0.348 e. The van der Waals surface area contributed by atoms with Crippen molar-refractivity contribution in [2.24, 2.45) is 0 Å². The van der Waals surface area contributed by atoms with Crippen molar-refractivity contribution < 1.29 is 19.2 Å². The Hall–Kier alpha value is -1.47. The van der Waals surface area contributed by atoms with Gasteiger partial charge in [-0.1, -0.05) is 11.3 Å². The van der Waals surface area contributed by atoms with Crippen LogP contribution in [0.3, 0.4) is 0 Å². The van der Waals surface area contributed by atoms with E-state index in [0.29, 0.717) is 0 Å². The van der Waals surface area contributed by atoms with Crippen LogP contribution < -0.4 is 0 Å². The highest BCUT2D eigenvalue weighted by atomic mass is 32.1. The molecule has 98 valence electrons. The molecule has 7 heteroatoms. The summed E-state index contributed by atoms with van der Waals surface area (Å²) in [6.45, 7) is 0. The lowest BCUT2D eigenvalue weighted by atomic mass is 10.2. The van der Waals surface area contributed by atoms with E-state index in [2.05, 4.69) is 0 Å². The Balaban J connectivity index is 2.00. The number of nitrogens with zero attached hydrogens (tertiary/aromatic N) is 1. The van der Waals surface area contributed by atoms with Gasteiger partial charge in [0, 0.05) is 13.2 Å². The lowest BCUT2D eigenvalue weighted by molar-refractivity contribution is -0.380. The summed E-state index contributed by atoms with van der Waals surface area (Å²) in [4.78, 5) is 22.1. The van der Waals surface area contributed by atoms with Gasteiger partial charge in [-0.2, -0.15) is 0 Å². The van der Waals surface area contributed by atoms with E-state index in [-0.39, 0.29) is 22.1 Å². The number of nitro groups is 1. The van der Waals surface area contributed by atoms with E-state index in [4.69, 9.17) is 9.47 Å². The zero-order valence-corrected chi connectivity index (χ0v) is 10.6. The molecule has 18 heavy (non-hydrogen) atoms. The number of thiophene rings is 1. The number of ether oxygens (including phenoxy) is 2. The summed E-state index contributed by atoms with van der Waals surface area (Å²) >= 11 is 0.827. The van der Waals surface area contributed by atoms with Crippen LogP contribution in [0.5, 0.6) is 0 Å². The first-order valence-electron chi connectivity index (χ1n) is 5.60. The standard InChI is InChI=1S/C11H13NO5S/c1-16-7-3-2-4-8(7)17-11(13)9-5-6-10(18-9)12(14)15/h5-8H,2-4H2,1H3/t7-,8+/m1/s1. The Kier molecular flexibility index (Phi) is 3.93. The number of carbonyl (C=O) groups is 1. The first-order chi connectivity index (χ1) is 8.61. The Bertz CT molecular complexity index is 458. The third kappa shape index (κ3) is 2.68. The van der Waals surface area contributed by atoms with Gasteiger partial charge >= 0.3 is 11.0 Å². The fourth-order valence-corrected chi connectivity index (χ4v) is 2.73. The molecule has 0 spiro atoms. The van der Waals surface area contributed by atoms with Gasteiger partial charge in [-0.15, -0.1) is 0 Å². The predicted octanol–water partition coefficient (Wildman–Crippen LogP) is 2.38. The van der Waals surface area contributed by atoms with Crippen LogP contribution >= 0.6 is 11.3 Å². The zero-order chi connectivity index (χ0) is 13.1. The summed E-state index contributed by atoms with van der Waals surface area (Å²) in [5, 5.41) is 10.5. The third-order valence-electron chi connectivity index (χ3n) is 2.93.